The number of hydrogen-bond acceptors (Lipinski definition) is 1. The summed E-state index contributed by atoms with van der Waals surface area (Å²) >= 11 is 0. The minimum absolute atomic E-state index is 0.373. The fraction of sp³-hybridized carbons (Fsp3) is 0.760. The van der Waals surface area contributed by atoms with Gasteiger partial charge in [-0.1, -0.05) is 76.1 Å². The topological polar surface area (TPSA) is 9.23 Å². The van der Waals surface area contributed by atoms with E-state index in [2.05, 4.69) is 11.7 Å². The molecule has 6 heteroatoms. The smallest absolute Gasteiger partial charge is 0.403 e. The van der Waals surface area contributed by atoms with Gasteiger partial charge in [0.1, 0.15) is 0 Å². The third-order valence-corrected chi connectivity index (χ3v) is 11.4. The Morgan fingerprint density at radius 3 is 2.26 bits per heavy atom. The Kier molecular flexibility index (Phi) is 9.29. The van der Waals surface area contributed by atoms with Crippen molar-refractivity contribution in [1.82, 2.24) is 0 Å². The highest BCUT2D eigenvalue weighted by molar-refractivity contribution is 6.58. The van der Waals surface area contributed by atoms with E-state index < -0.39 is 17.9 Å². The van der Waals surface area contributed by atoms with Gasteiger partial charge in [-0.15, -0.1) is 13.2 Å². The fourth-order valence-electron chi connectivity index (χ4n) is 5.97. The van der Waals surface area contributed by atoms with E-state index in [0.29, 0.717) is 6.42 Å². The van der Waals surface area contributed by atoms with Crippen LogP contribution in [0.4, 0.5) is 17.6 Å². The SMILES string of the molecule is CCC[Si@H]1CC[C@H]([C@H]2CC[C@H](CCCCc3ccc(OC(F)(F)F)c(F)c3)CC2)CC1. The lowest BCUT2D eigenvalue weighted by atomic mass is 9.73. The molecule has 1 aliphatic heterocycles. The lowest BCUT2D eigenvalue weighted by molar-refractivity contribution is -0.275. The summed E-state index contributed by atoms with van der Waals surface area (Å²) in [6.07, 6.45) is 9.04. The first-order chi connectivity index (χ1) is 14.8. The zero-order valence-corrected chi connectivity index (χ0v) is 20.0. The van der Waals surface area contributed by atoms with Crippen molar-refractivity contribution in [2.45, 2.75) is 102 Å². The van der Waals surface area contributed by atoms with Crippen LogP contribution in [-0.2, 0) is 6.42 Å². The fourth-order valence-corrected chi connectivity index (χ4v) is 9.46. The molecule has 1 saturated carbocycles. The lowest BCUT2D eigenvalue weighted by Crippen LogP contribution is -2.28. The maximum absolute atomic E-state index is 13.8. The monoisotopic (exact) mass is 458 g/mol. The Hall–Kier alpha value is -1.04. The predicted molar refractivity (Wildman–Crippen MR) is 121 cm³/mol. The summed E-state index contributed by atoms with van der Waals surface area (Å²) in [4.78, 5) is 0. The van der Waals surface area contributed by atoms with Gasteiger partial charge < -0.3 is 4.74 Å². The molecule has 0 atom stereocenters. The third kappa shape index (κ3) is 8.10. The molecule has 176 valence electrons. The molecule has 0 unspecified atom stereocenters. The molecule has 0 N–H and O–H groups in total. The summed E-state index contributed by atoms with van der Waals surface area (Å²) in [6, 6.07) is 8.51. The molecule has 0 aromatic heterocycles. The maximum atomic E-state index is 13.8. The van der Waals surface area contributed by atoms with Crippen molar-refractivity contribution in [1.29, 1.82) is 0 Å². The Balaban J connectivity index is 1.31. The second-order valence-electron chi connectivity index (χ2n) is 9.91. The van der Waals surface area contributed by atoms with Gasteiger partial charge in [0.2, 0.25) is 0 Å². The Morgan fingerprint density at radius 1 is 0.968 bits per heavy atom. The molecule has 1 aliphatic carbocycles. The first-order valence-corrected chi connectivity index (χ1v) is 14.8. The van der Waals surface area contributed by atoms with Gasteiger partial charge in [-0.2, -0.15) is 0 Å². The molecule has 1 heterocycles. The van der Waals surface area contributed by atoms with Gasteiger partial charge >= 0.3 is 6.36 Å². The van der Waals surface area contributed by atoms with E-state index in [4.69, 9.17) is 0 Å². The van der Waals surface area contributed by atoms with Crippen LogP contribution in [0.3, 0.4) is 0 Å². The van der Waals surface area contributed by atoms with E-state index >= 15 is 0 Å². The van der Waals surface area contributed by atoms with Gasteiger partial charge in [0.25, 0.3) is 0 Å². The van der Waals surface area contributed by atoms with Crippen molar-refractivity contribution in [2.24, 2.45) is 17.8 Å². The second-order valence-corrected chi connectivity index (χ2v) is 13.4. The minimum Gasteiger partial charge on any atom is -0.403 e. The molecule has 0 bridgehead atoms. The first-order valence-electron chi connectivity index (χ1n) is 12.4. The van der Waals surface area contributed by atoms with E-state index in [1.807, 2.05) is 0 Å². The van der Waals surface area contributed by atoms with Crippen LogP contribution in [0.15, 0.2) is 18.2 Å². The zero-order valence-electron chi connectivity index (χ0n) is 18.9. The quantitative estimate of drug-likeness (QED) is 0.205. The van der Waals surface area contributed by atoms with Gasteiger partial charge in [-0.25, -0.2) is 4.39 Å². The number of hydrogen-bond donors (Lipinski definition) is 0. The summed E-state index contributed by atoms with van der Waals surface area (Å²) in [7, 11) is -0.373. The van der Waals surface area contributed by atoms with Crippen molar-refractivity contribution in [3.05, 3.63) is 29.6 Å². The van der Waals surface area contributed by atoms with Crippen molar-refractivity contribution in [2.75, 3.05) is 0 Å². The van der Waals surface area contributed by atoms with E-state index in [0.717, 1.165) is 42.2 Å². The molecular weight excluding hydrogens is 420 g/mol. The summed E-state index contributed by atoms with van der Waals surface area (Å²) in [6.45, 7) is 2.34. The summed E-state index contributed by atoms with van der Waals surface area (Å²) in [5.74, 6) is 1.09. The highest BCUT2D eigenvalue weighted by Crippen LogP contribution is 2.42. The number of halogens is 4. The number of alkyl halides is 3. The van der Waals surface area contributed by atoms with Gasteiger partial charge in [-0.05, 0) is 61.1 Å². The van der Waals surface area contributed by atoms with Crippen LogP contribution in [0.2, 0.25) is 18.1 Å². The molecule has 1 saturated heterocycles. The van der Waals surface area contributed by atoms with Crippen molar-refractivity contribution in [3.8, 4) is 5.75 Å². The number of unbranched alkanes of at least 4 members (excludes halogenated alkanes) is 1. The molecule has 0 spiro atoms. The van der Waals surface area contributed by atoms with Gasteiger partial charge in [0, 0.05) is 8.80 Å². The van der Waals surface area contributed by atoms with Crippen molar-refractivity contribution >= 4 is 8.80 Å². The minimum atomic E-state index is -4.86. The average molecular weight is 459 g/mol. The number of benzene rings is 1. The van der Waals surface area contributed by atoms with Crippen LogP contribution >= 0.6 is 0 Å². The summed E-state index contributed by atoms with van der Waals surface area (Å²) < 4.78 is 54.2. The van der Waals surface area contributed by atoms with Crippen LogP contribution in [0, 0.1) is 23.6 Å². The standard InChI is InChI=1S/C25H38F4OSi/c1-2-15-31-16-13-22(14-17-31)21-10-7-19(8-11-21)5-3-4-6-20-9-12-24(23(26)18-20)30-25(27,28)29/h9,12,18-19,21-22,31H,2-8,10-11,13-17H2,1H3/t19-,21-,22-,31-. The van der Waals surface area contributed by atoms with E-state index in [1.54, 1.807) is 18.1 Å². The molecular formula is C25H38F4OSi. The second kappa shape index (κ2) is 11.7. The molecule has 1 aromatic carbocycles. The van der Waals surface area contributed by atoms with Crippen molar-refractivity contribution in [3.63, 3.8) is 0 Å². The predicted octanol–water partition coefficient (Wildman–Crippen LogP) is 8.29. The number of ether oxygens (including phenoxy) is 1. The van der Waals surface area contributed by atoms with E-state index in [-0.39, 0.29) is 8.80 Å². The van der Waals surface area contributed by atoms with E-state index in [1.165, 1.54) is 63.5 Å². The molecule has 0 amide bonds. The third-order valence-electron chi connectivity index (χ3n) is 7.70. The van der Waals surface area contributed by atoms with E-state index in [9.17, 15) is 17.6 Å². The lowest BCUT2D eigenvalue weighted by Gasteiger charge is -2.37. The number of rotatable bonds is 9. The molecule has 1 nitrogen and oxygen atoms in total. The highest BCUT2D eigenvalue weighted by Gasteiger charge is 2.32. The van der Waals surface area contributed by atoms with Crippen LogP contribution in [0.25, 0.3) is 0 Å². The molecule has 2 aliphatic rings. The molecule has 2 fully saturated rings. The highest BCUT2D eigenvalue weighted by atomic mass is 28.3. The maximum Gasteiger partial charge on any atom is 0.573 e. The molecule has 31 heavy (non-hydrogen) atoms. The van der Waals surface area contributed by atoms with Crippen LogP contribution in [0.5, 0.6) is 5.75 Å². The Labute approximate surface area is 186 Å². The van der Waals surface area contributed by atoms with Crippen molar-refractivity contribution < 1.29 is 22.3 Å². The average Bonchev–Trinajstić information content (AvgIpc) is 2.73. The Morgan fingerprint density at radius 2 is 1.65 bits per heavy atom. The Bertz CT molecular complexity index is 662. The van der Waals surface area contributed by atoms with Gasteiger partial charge in [-0.3, -0.25) is 0 Å². The van der Waals surface area contributed by atoms with Gasteiger partial charge in [0.15, 0.2) is 11.6 Å². The largest absolute Gasteiger partial charge is 0.573 e. The van der Waals surface area contributed by atoms with Crippen LogP contribution in [0.1, 0.15) is 76.7 Å². The summed E-state index contributed by atoms with van der Waals surface area (Å²) in [5, 5.41) is 0. The molecule has 1 aromatic rings. The molecule has 3 rings (SSSR count). The zero-order chi connectivity index (χ0) is 22.3. The normalized spacial score (nSPS) is 27.3. The van der Waals surface area contributed by atoms with Crippen LogP contribution < -0.4 is 4.74 Å². The first kappa shape index (κ1) is 24.6. The molecule has 0 radical (unpaired) electrons. The summed E-state index contributed by atoms with van der Waals surface area (Å²) in [5.41, 5.74) is 0.734. The van der Waals surface area contributed by atoms with Crippen LogP contribution in [-0.4, -0.2) is 15.2 Å². The number of aryl methyl sites for hydroxylation is 1. The van der Waals surface area contributed by atoms with Gasteiger partial charge in [0.05, 0.1) is 0 Å².